The molecule has 0 aliphatic carbocycles. The van der Waals surface area contributed by atoms with Crippen molar-refractivity contribution < 1.29 is 33.7 Å². The molecule has 0 unspecified atom stereocenters. The first-order chi connectivity index (χ1) is 11.3. The summed E-state index contributed by atoms with van der Waals surface area (Å²) in [4.78, 5) is 35.6. The van der Waals surface area contributed by atoms with E-state index < -0.39 is 17.5 Å². The molecule has 134 valence electrons. The van der Waals surface area contributed by atoms with Gasteiger partial charge in [0.25, 0.3) is 0 Å². The van der Waals surface area contributed by atoms with E-state index >= 15 is 0 Å². The lowest BCUT2D eigenvalue weighted by molar-refractivity contribution is -0.140. The Morgan fingerprint density at radius 3 is 1.79 bits per heavy atom. The van der Waals surface area contributed by atoms with E-state index in [1.54, 1.807) is 0 Å². The van der Waals surface area contributed by atoms with Crippen molar-refractivity contribution in [2.75, 3.05) is 39.6 Å². The standard InChI is InChI=1S/C17H24O7/c1-12(2)16(20)14(17(21)13(3)4)11-15(19)24-10-9-23-8-7-22-6-5-18/h11,18H,1,3,5-10H2,2,4H3. The normalized spacial score (nSPS) is 9.96. The number of aliphatic hydroxyl groups is 1. The molecule has 0 heterocycles. The lowest BCUT2D eigenvalue weighted by Crippen LogP contribution is -2.18. The van der Waals surface area contributed by atoms with E-state index in [9.17, 15) is 14.4 Å². The van der Waals surface area contributed by atoms with Crippen molar-refractivity contribution >= 4 is 17.5 Å². The number of ether oxygens (including phenoxy) is 3. The molecule has 0 aromatic heterocycles. The Bertz CT molecular complexity index is 489. The minimum atomic E-state index is -0.825. The van der Waals surface area contributed by atoms with Crippen LogP contribution >= 0.6 is 0 Å². The van der Waals surface area contributed by atoms with E-state index in [4.69, 9.17) is 19.3 Å². The number of hydrogen-bond donors (Lipinski definition) is 1. The molecule has 0 aliphatic heterocycles. The molecule has 0 atom stereocenters. The van der Waals surface area contributed by atoms with Gasteiger partial charge in [-0.1, -0.05) is 13.2 Å². The van der Waals surface area contributed by atoms with E-state index in [0.29, 0.717) is 13.2 Å². The summed E-state index contributed by atoms with van der Waals surface area (Å²) in [5.74, 6) is -2.08. The Balaban J connectivity index is 4.41. The van der Waals surface area contributed by atoms with Gasteiger partial charge in [0.1, 0.15) is 6.61 Å². The van der Waals surface area contributed by atoms with Crippen LogP contribution in [0.4, 0.5) is 0 Å². The summed E-state index contributed by atoms with van der Waals surface area (Å²) in [6, 6.07) is 0. The van der Waals surface area contributed by atoms with Gasteiger partial charge in [0.05, 0.1) is 38.6 Å². The highest BCUT2D eigenvalue weighted by Gasteiger charge is 2.21. The minimum Gasteiger partial charge on any atom is -0.460 e. The zero-order valence-corrected chi connectivity index (χ0v) is 14.1. The Labute approximate surface area is 141 Å². The summed E-state index contributed by atoms with van der Waals surface area (Å²) < 4.78 is 15.0. The van der Waals surface area contributed by atoms with Gasteiger partial charge in [0, 0.05) is 6.08 Å². The van der Waals surface area contributed by atoms with Crippen LogP contribution in [0.1, 0.15) is 13.8 Å². The number of hydrogen-bond acceptors (Lipinski definition) is 7. The lowest BCUT2D eigenvalue weighted by atomic mass is 9.98. The Morgan fingerprint density at radius 1 is 0.875 bits per heavy atom. The molecule has 0 radical (unpaired) electrons. The van der Waals surface area contributed by atoms with Crippen molar-refractivity contribution in [2.45, 2.75) is 13.8 Å². The number of esters is 1. The fraction of sp³-hybridized carbons (Fsp3) is 0.471. The van der Waals surface area contributed by atoms with Gasteiger partial charge in [-0.15, -0.1) is 0 Å². The van der Waals surface area contributed by atoms with Gasteiger partial charge < -0.3 is 19.3 Å². The molecule has 0 fully saturated rings. The molecule has 0 amide bonds. The summed E-state index contributed by atoms with van der Waals surface area (Å²) in [6.07, 6.45) is 0.846. The van der Waals surface area contributed by atoms with Crippen LogP contribution in [0.15, 0.2) is 36.0 Å². The molecule has 0 saturated carbocycles. The van der Waals surface area contributed by atoms with Gasteiger partial charge >= 0.3 is 5.97 Å². The van der Waals surface area contributed by atoms with Crippen LogP contribution in [0.3, 0.4) is 0 Å². The molecule has 0 aromatic carbocycles. The third-order valence-electron chi connectivity index (χ3n) is 2.61. The maximum atomic E-state index is 11.9. The topological polar surface area (TPSA) is 99.1 Å². The summed E-state index contributed by atoms with van der Waals surface area (Å²) in [5.41, 5.74) is -0.0527. The van der Waals surface area contributed by atoms with E-state index in [0.717, 1.165) is 6.08 Å². The third kappa shape index (κ3) is 9.14. The molecule has 7 nitrogen and oxygen atoms in total. The quantitative estimate of drug-likeness (QED) is 0.174. The average molecular weight is 340 g/mol. The summed E-state index contributed by atoms with van der Waals surface area (Å²) in [7, 11) is 0. The van der Waals surface area contributed by atoms with Crippen molar-refractivity contribution in [1.82, 2.24) is 0 Å². The second kappa shape index (κ2) is 12.3. The molecule has 0 aromatic rings. The minimum absolute atomic E-state index is 0.0366. The Hall–Kier alpha value is -2.09. The first-order valence-corrected chi connectivity index (χ1v) is 7.36. The third-order valence-corrected chi connectivity index (χ3v) is 2.61. The average Bonchev–Trinajstić information content (AvgIpc) is 2.53. The SMILES string of the molecule is C=C(C)C(=O)C(=CC(=O)OCCOCCOCCO)C(=O)C(=C)C. The second-order valence-electron chi connectivity index (χ2n) is 4.89. The predicted molar refractivity (Wildman–Crippen MR) is 87.4 cm³/mol. The number of ketones is 2. The van der Waals surface area contributed by atoms with Crippen LogP contribution in [-0.4, -0.2) is 62.3 Å². The molecule has 1 N–H and O–H groups in total. The number of carbonyl (C=O) groups excluding carboxylic acids is 3. The van der Waals surface area contributed by atoms with Gasteiger partial charge in [-0.05, 0) is 25.0 Å². The molecule has 0 saturated heterocycles. The fourth-order valence-electron chi connectivity index (χ4n) is 1.44. The van der Waals surface area contributed by atoms with E-state index in [2.05, 4.69) is 13.2 Å². The number of aliphatic hydroxyl groups excluding tert-OH is 1. The largest absolute Gasteiger partial charge is 0.460 e. The summed E-state index contributed by atoms with van der Waals surface area (Å²) in [6.45, 7) is 10.7. The number of allylic oxidation sites excluding steroid dienone is 3. The Morgan fingerprint density at radius 2 is 1.33 bits per heavy atom. The van der Waals surface area contributed by atoms with Gasteiger partial charge in [-0.2, -0.15) is 0 Å². The van der Waals surface area contributed by atoms with E-state index in [-0.39, 0.29) is 43.1 Å². The highest BCUT2D eigenvalue weighted by molar-refractivity contribution is 6.31. The number of carbonyl (C=O) groups is 3. The maximum absolute atomic E-state index is 11.9. The zero-order chi connectivity index (χ0) is 18.5. The van der Waals surface area contributed by atoms with Crippen molar-refractivity contribution in [3.05, 3.63) is 36.0 Å². The highest BCUT2D eigenvalue weighted by Crippen LogP contribution is 2.10. The molecule has 7 heteroatoms. The van der Waals surface area contributed by atoms with Crippen LogP contribution in [0, 0.1) is 0 Å². The summed E-state index contributed by atoms with van der Waals surface area (Å²) in [5, 5.41) is 8.50. The molecule has 0 spiro atoms. The maximum Gasteiger partial charge on any atom is 0.331 e. The molecule has 24 heavy (non-hydrogen) atoms. The molecular formula is C17H24O7. The Kier molecular flexibility index (Phi) is 11.3. The first-order valence-electron chi connectivity index (χ1n) is 7.36. The monoisotopic (exact) mass is 340 g/mol. The highest BCUT2D eigenvalue weighted by atomic mass is 16.6. The van der Waals surface area contributed by atoms with Gasteiger partial charge in [0.2, 0.25) is 0 Å². The van der Waals surface area contributed by atoms with Gasteiger partial charge in [-0.3, -0.25) is 9.59 Å². The molecule has 0 bridgehead atoms. The smallest absolute Gasteiger partial charge is 0.331 e. The van der Waals surface area contributed by atoms with E-state index in [1.165, 1.54) is 13.8 Å². The molecule has 0 aliphatic rings. The lowest BCUT2D eigenvalue weighted by Gasteiger charge is -2.07. The number of rotatable bonds is 13. The van der Waals surface area contributed by atoms with Crippen LogP contribution in [-0.2, 0) is 28.6 Å². The van der Waals surface area contributed by atoms with Gasteiger partial charge in [0.15, 0.2) is 11.6 Å². The molecular weight excluding hydrogens is 316 g/mol. The molecule has 0 rings (SSSR count). The van der Waals surface area contributed by atoms with Crippen LogP contribution in [0.2, 0.25) is 0 Å². The summed E-state index contributed by atoms with van der Waals surface area (Å²) >= 11 is 0. The van der Waals surface area contributed by atoms with Crippen molar-refractivity contribution in [3.63, 3.8) is 0 Å². The second-order valence-corrected chi connectivity index (χ2v) is 4.89. The van der Waals surface area contributed by atoms with Crippen LogP contribution in [0.25, 0.3) is 0 Å². The fourth-order valence-corrected chi connectivity index (χ4v) is 1.44. The zero-order valence-electron chi connectivity index (χ0n) is 14.1. The van der Waals surface area contributed by atoms with E-state index in [1.807, 2.05) is 0 Å². The van der Waals surface area contributed by atoms with Crippen LogP contribution < -0.4 is 0 Å². The number of Topliss-reactive ketones (excluding diaryl/α,β-unsaturated/α-hetero) is 2. The van der Waals surface area contributed by atoms with Crippen LogP contribution in [0.5, 0.6) is 0 Å². The van der Waals surface area contributed by atoms with Gasteiger partial charge in [-0.25, -0.2) is 4.79 Å². The van der Waals surface area contributed by atoms with Crippen molar-refractivity contribution in [3.8, 4) is 0 Å². The predicted octanol–water partition coefficient (Wildman–Crippen LogP) is 0.772. The first kappa shape index (κ1) is 21.9. The van der Waals surface area contributed by atoms with Crippen molar-refractivity contribution in [1.29, 1.82) is 0 Å². The van der Waals surface area contributed by atoms with Crippen molar-refractivity contribution in [2.24, 2.45) is 0 Å².